The van der Waals surface area contributed by atoms with Gasteiger partial charge < -0.3 is 14.6 Å². The molecule has 0 atom stereocenters. The van der Waals surface area contributed by atoms with Crippen LogP contribution < -0.4 is 9.47 Å². The Morgan fingerprint density at radius 2 is 1.82 bits per heavy atom. The highest BCUT2D eigenvalue weighted by atomic mass is 16.5. The van der Waals surface area contributed by atoms with Gasteiger partial charge in [-0.3, -0.25) is 9.88 Å². The molecule has 0 aliphatic rings. The van der Waals surface area contributed by atoms with Crippen molar-refractivity contribution in [2.75, 3.05) is 27.4 Å². The molecule has 0 unspecified atom stereocenters. The number of pyridine rings is 1. The van der Waals surface area contributed by atoms with Gasteiger partial charge in [0.05, 0.1) is 20.8 Å². The molecule has 1 aromatic heterocycles. The van der Waals surface area contributed by atoms with Gasteiger partial charge in [0.15, 0.2) is 0 Å². The Kier molecular flexibility index (Phi) is 6.18. The third kappa shape index (κ3) is 4.44. The molecule has 0 saturated carbocycles. The summed E-state index contributed by atoms with van der Waals surface area (Å²) >= 11 is 0. The second-order valence-electron chi connectivity index (χ2n) is 4.97. The fourth-order valence-corrected chi connectivity index (χ4v) is 2.35. The van der Waals surface area contributed by atoms with E-state index in [9.17, 15) is 5.11 Å². The smallest absolute Gasteiger partial charge is 0.123 e. The maximum atomic E-state index is 9.31. The predicted molar refractivity (Wildman–Crippen MR) is 85.0 cm³/mol. The number of hydrogen-bond donors (Lipinski definition) is 1. The molecule has 0 bridgehead atoms. The Morgan fingerprint density at radius 1 is 1.05 bits per heavy atom. The lowest BCUT2D eigenvalue weighted by Crippen LogP contribution is -2.26. The Bertz CT molecular complexity index is 575. The number of ether oxygens (including phenoxy) is 2. The first-order valence-electron chi connectivity index (χ1n) is 7.20. The summed E-state index contributed by atoms with van der Waals surface area (Å²) in [4.78, 5) is 6.19. The van der Waals surface area contributed by atoms with Gasteiger partial charge in [-0.1, -0.05) is 0 Å². The summed E-state index contributed by atoms with van der Waals surface area (Å²) in [5.41, 5.74) is 2.19. The number of nitrogens with zero attached hydrogens (tertiary/aromatic N) is 2. The molecule has 5 nitrogen and oxygen atoms in total. The molecule has 0 saturated heterocycles. The molecule has 1 N–H and O–H groups in total. The van der Waals surface area contributed by atoms with E-state index in [1.54, 1.807) is 26.6 Å². The second kappa shape index (κ2) is 8.36. The summed E-state index contributed by atoms with van der Waals surface area (Å²) in [7, 11) is 3.30. The minimum Gasteiger partial charge on any atom is -0.497 e. The maximum Gasteiger partial charge on any atom is 0.123 e. The molecule has 1 heterocycles. The molecule has 0 radical (unpaired) electrons. The molecule has 0 fully saturated rings. The summed E-state index contributed by atoms with van der Waals surface area (Å²) < 4.78 is 10.7. The summed E-state index contributed by atoms with van der Waals surface area (Å²) in [5.74, 6) is 1.61. The zero-order chi connectivity index (χ0) is 15.8. The van der Waals surface area contributed by atoms with Crippen molar-refractivity contribution in [3.05, 3.63) is 53.9 Å². The molecule has 1 aromatic carbocycles. The van der Waals surface area contributed by atoms with E-state index in [1.807, 2.05) is 30.3 Å². The molecule has 0 spiro atoms. The van der Waals surface area contributed by atoms with Gasteiger partial charge >= 0.3 is 0 Å². The van der Waals surface area contributed by atoms with E-state index < -0.39 is 0 Å². The molecule has 0 amide bonds. The molecule has 0 aliphatic carbocycles. The molecular formula is C17H22N2O3. The largest absolute Gasteiger partial charge is 0.497 e. The van der Waals surface area contributed by atoms with Crippen molar-refractivity contribution in [1.29, 1.82) is 0 Å². The van der Waals surface area contributed by atoms with E-state index in [-0.39, 0.29) is 6.61 Å². The number of methoxy groups -OCH3 is 2. The van der Waals surface area contributed by atoms with Crippen molar-refractivity contribution in [3.63, 3.8) is 0 Å². The highest BCUT2D eigenvalue weighted by Gasteiger charge is 2.11. The number of aliphatic hydroxyl groups is 1. The van der Waals surface area contributed by atoms with Crippen molar-refractivity contribution >= 4 is 0 Å². The van der Waals surface area contributed by atoms with E-state index in [4.69, 9.17) is 9.47 Å². The lowest BCUT2D eigenvalue weighted by atomic mass is 10.1. The summed E-state index contributed by atoms with van der Waals surface area (Å²) in [5, 5.41) is 9.31. The van der Waals surface area contributed by atoms with Crippen LogP contribution in [0.5, 0.6) is 11.5 Å². The van der Waals surface area contributed by atoms with Crippen molar-refractivity contribution in [1.82, 2.24) is 9.88 Å². The second-order valence-corrected chi connectivity index (χ2v) is 4.97. The first kappa shape index (κ1) is 16.3. The molecule has 22 heavy (non-hydrogen) atoms. The van der Waals surface area contributed by atoms with Gasteiger partial charge in [0.25, 0.3) is 0 Å². The van der Waals surface area contributed by atoms with Crippen LogP contribution in [-0.4, -0.2) is 42.4 Å². The van der Waals surface area contributed by atoms with Crippen LogP contribution in [-0.2, 0) is 13.1 Å². The van der Waals surface area contributed by atoms with Crippen LogP contribution in [0.3, 0.4) is 0 Å². The summed E-state index contributed by atoms with van der Waals surface area (Å²) in [6, 6.07) is 9.70. The van der Waals surface area contributed by atoms with Gasteiger partial charge in [0, 0.05) is 37.6 Å². The highest BCUT2D eigenvalue weighted by Crippen LogP contribution is 2.25. The predicted octanol–water partition coefficient (Wildman–Crippen LogP) is 2.09. The average molecular weight is 302 g/mol. The zero-order valence-electron chi connectivity index (χ0n) is 13.0. The fourth-order valence-electron chi connectivity index (χ4n) is 2.35. The van der Waals surface area contributed by atoms with E-state index in [1.165, 1.54) is 0 Å². The molecule has 118 valence electrons. The normalized spacial score (nSPS) is 10.7. The molecule has 0 aliphatic heterocycles. The molecular weight excluding hydrogens is 280 g/mol. The van der Waals surface area contributed by atoms with Gasteiger partial charge in [0.1, 0.15) is 11.5 Å². The van der Waals surface area contributed by atoms with Crippen LogP contribution in [0, 0.1) is 0 Å². The van der Waals surface area contributed by atoms with Gasteiger partial charge in [-0.25, -0.2) is 0 Å². The van der Waals surface area contributed by atoms with Gasteiger partial charge in [0.2, 0.25) is 0 Å². The van der Waals surface area contributed by atoms with E-state index in [0.717, 1.165) is 29.2 Å². The SMILES string of the molecule is COc1ccc(OC)c(CN(CCO)Cc2ccncc2)c1. The minimum atomic E-state index is 0.108. The van der Waals surface area contributed by atoms with Gasteiger partial charge in [-0.05, 0) is 35.9 Å². The Balaban J connectivity index is 2.16. The Labute approximate surface area is 131 Å². The number of aromatic nitrogens is 1. The Morgan fingerprint density at radius 3 is 2.45 bits per heavy atom. The lowest BCUT2D eigenvalue weighted by Gasteiger charge is -2.23. The van der Waals surface area contributed by atoms with Crippen LogP contribution in [0.4, 0.5) is 0 Å². The van der Waals surface area contributed by atoms with Crippen molar-refractivity contribution < 1.29 is 14.6 Å². The van der Waals surface area contributed by atoms with E-state index in [0.29, 0.717) is 13.1 Å². The van der Waals surface area contributed by atoms with Crippen molar-refractivity contribution in [2.45, 2.75) is 13.1 Å². The zero-order valence-corrected chi connectivity index (χ0v) is 13.0. The molecule has 5 heteroatoms. The number of hydrogen-bond acceptors (Lipinski definition) is 5. The first-order chi connectivity index (χ1) is 10.8. The fraction of sp³-hybridized carbons (Fsp3) is 0.353. The monoisotopic (exact) mass is 302 g/mol. The number of rotatable bonds is 8. The first-order valence-corrected chi connectivity index (χ1v) is 7.20. The third-order valence-electron chi connectivity index (χ3n) is 3.45. The summed E-state index contributed by atoms with van der Waals surface area (Å²) in [6.45, 7) is 2.10. The molecule has 2 aromatic rings. The van der Waals surface area contributed by atoms with Gasteiger partial charge in [-0.2, -0.15) is 0 Å². The van der Waals surface area contributed by atoms with Crippen LogP contribution in [0.2, 0.25) is 0 Å². The average Bonchev–Trinajstić information content (AvgIpc) is 2.56. The van der Waals surface area contributed by atoms with E-state index >= 15 is 0 Å². The quantitative estimate of drug-likeness (QED) is 0.809. The molecule has 2 rings (SSSR count). The lowest BCUT2D eigenvalue weighted by molar-refractivity contribution is 0.182. The third-order valence-corrected chi connectivity index (χ3v) is 3.45. The van der Waals surface area contributed by atoms with E-state index in [2.05, 4.69) is 9.88 Å². The van der Waals surface area contributed by atoms with Crippen molar-refractivity contribution in [3.8, 4) is 11.5 Å². The van der Waals surface area contributed by atoms with Crippen LogP contribution >= 0.6 is 0 Å². The minimum absolute atomic E-state index is 0.108. The standard InChI is InChI=1S/C17H22N2O3/c1-21-16-3-4-17(22-2)15(11-16)13-19(9-10-20)12-14-5-7-18-8-6-14/h3-8,11,20H,9-10,12-13H2,1-2H3. The topological polar surface area (TPSA) is 54.8 Å². The number of benzene rings is 1. The maximum absolute atomic E-state index is 9.31. The summed E-state index contributed by atoms with van der Waals surface area (Å²) in [6.07, 6.45) is 3.55. The van der Waals surface area contributed by atoms with Crippen LogP contribution in [0.25, 0.3) is 0 Å². The highest BCUT2D eigenvalue weighted by molar-refractivity contribution is 5.40. The van der Waals surface area contributed by atoms with Gasteiger partial charge in [-0.15, -0.1) is 0 Å². The number of aliphatic hydroxyl groups excluding tert-OH is 1. The van der Waals surface area contributed by atoms with Crippen LogP contribution in [0.15, 0.2) is 42.7 Å². The van der Waals surface area contributed by atoms with Crippen molar-refractivity contribution in [2.24, 2.45) is 0 Å². The van der Waals surface area contributed by atoms with Crippen LogP contribution in [0.1, 0.15) is 11.1 Å². The Hall–Kier alpha value is -2.11.